The van der Waals surface area contributed by atoms with E-state index in [0.717, 1.165) is 72.9 Å². The van der Waals surface area contributed by atoms with Gasteiger partial charge in [0.05, 0.1) is 19.2 Å². The second kappa shape index (κ2) is 9.65. The summed E-state index contributed by atoms with van der Waals surface area (Å²) in [6.07, 6.45) is 8.08. The van der Waals surface area contributed by atoms with Crippen LogP contribution in [0.2, 0.25) is 0 Å². The van der Waals surface area contributed by atoms with Crippen molar-refractivity contribution in [2.45, 2.75) is 76.7 Å². The van der Waals surface area contributed by atoms with Crippen molar-refractivity contribution < 1.29 is 23.8 Å². The van der Waals surface area contributed by atoms with Crippen molar-refractivity contribution in [3.63, 3.8) is 0 Å². The minimum atomic E-state index is -0.689. The lowest BCUT2D eigenvalue weighted by atomic mass is 9.57. The first-order chi connectivity index (χ1) is 18.7. The van der Waals surface area contributed by atoms with E-state index in [9.17, 15) is 9.90 Å². The zero-order valence-electron chi connectivity index (χ0n) is 22.9. The van der Waals surface area contributed by atoms with Crippen LogP contribution < -0.4 is 9.47 Å². The van der Waals surface area contributed by atoms with E-state index in [-0.39, 0.29) is 22.6 Å². The highest BCUT2D eigenvalue weighted by molar-refractivity contribution is 5.75. The first-order valence-electron chi connectivity index (χ1n) is 14.0. The molecule has 2 saturated carbocycles. The predicted molar refractivity (Wildman–Crippen MR) is 148 cm³/mol. The number of carboxylic acids is 1. The Morgan fingerprint density at radius 1 is 1.08 bits per heavy atom. The van der Waals surface area contributed by atoms with E-state index < -0.39 is 5.97 Å². The van der Waals surface area contributed by atoms with Gasteiger partial charge in [-0.15, -0.1) is 0 Å². The Morgan fingerprint density at radius 3 is 2.62 bits per heavy atom. The first kappa shape index (κ1) is 25.8. The fraction of sp³-hybridized carbons (Fsp3) is 0.455. The van der Waals surface area contributed by atoms with Gasteiger partial charge in [-0.25, -0.2) is 9.37 Å². The van der Waals surface area contributed by atoms with Crippen molar-refractivity contribution in [3.8, 4) is 22.8 Å². The van der Waals surface area contributed by atoms with Crippen LogP contribution in [0.5, 0.6) is 11.6 Å². The molecule has 6 rings (SSSR count). The van der Waals surface area contributed by atoms with E-state index in [1.165, 1.54) is 11.8 Å². The van der Waals surface area contributed by atoms with Crippen LogP contribution in [0, 0.1) is 17.2 Å². The van der Waals surface area contributed by atoms with Crippen LogP contribution in [-0.4, -0.2) is 23.2 Å². The lowest BCUT2D eigenvalue weighted by Gasteiger charge is -2.45. The Morgan fingerprint density at radius 2 is 1.92 bits per heavy atom. The normalized spacial score (nSPS) is 24.8. The molecule has 1 N–H and O–H groups in total. The van der Waals surface area contributed by atoms with Gasteiger partial charge in [-0.05, 0) is 89.8 Å². The van der Waals surface area contributed by atoms with Crippen LogP contribution in [-0.2, 0) is 23.2 Å². The molecule has 3 unspecified atom stereocenters. The summed E-state index contributed by atoms with van der Waals surface area (Å²) in [5.41, 5.74) is 5.82. The Bertz CT molecular complexity index is 1430. The highest BCUT2D eigenvalue weighted by Crippen LogP contribution is 2.57. The molecular weight excluding hydrogens is 493 g/mol. The average molecular weight is 530 g/mol. The van der Waals surface area contributed by atoms with Gasteiger partial charge in [-0.1, -0.05) is 44.5 Å². The molecule has 2 fully saturated rings. The zero-order chi connectivity index (χ0) is 27.4. The maximum absolute atomic E-state index is 15.0. The van der Waals surface area contributed by atoms with Crippen LogP contribution in [0.3, 0.4) is 0 Å². The molecule has 1 spiro atoms. The largest absolute Gasteiger partial charge is 0.489 e. The monoisotopic (exact) mass is 529 g/mol. The number of benzene rings is 2. The molecule has 204 valence electrons. The molecule has 39 heavy (non-hydrogen) atoms. The lowest BCUT2D eigenvalue weighted by Crippen LogP contribution is -2.46. The number of fused-ring (bicyclic) bond motifs is 2. The quantitative estimate of drug-likeness (QED) is 0.344. The van der Waals surface area contributed by atoms with E-state index in [2.05, 4.69) is 37.0 Å². The maximum Gasteiger partial charge on any atom is 0.307 e. The number of methoxy groups -OCH3 is 1. The molecule has 3 atom stereocenters. The molecule has 0 aliphatic heterocycles. The summed E-state index contributed by atoms with van der Waals surface area (Å²) in [6.45, 7) is 4.98. The fourth-order valence-corrected chi connectivity index (χ4v) is 7.48. The number of pyridine rings is 1. The van der Waals surface area contributed by atoms with Gasteiger partial charge in [-0.3, -0.25) is 4.79 Å². The Hall–Kier alpha value is -3.41. The number of carboxylic acid groups (broad SMARTS) is 1. The third-order valence-electron chi connectivity index (χ3n) is 9.79. The molecule has 6 heteroatoms. The van der Waals surface area contributed by atoms with Gasteiger partial charge in [0, 0.05) is 17.0 Å². The summed E-state index contributed by atoms with van der Waals surface area (Å²) in [4.78, 5) is 15.9. The minimum Gasteiger partial charge on any atom is -0.489 e. The van der Waals surface area contributed by atoms with E-state index in [1.54, 1.807) is 13.2 Å². The van der Waals surface area contributed by atoms with Crippen molar-refractivity contribution in [2.24, 2.45) is 11.3 Å². The Kier molecular flexibility index (Phi) is 6.40. The standard InChI is InChI=1S/C33H36FNO4/c1-32(2)12-4-5-26(32)24-15-20(6-9-23(24)25-17-30(38-3)35-18-29(25)34)19-39-22-8-7-21-10-13-33(28(21)16-22)14-11-27(33)31(36)37/h6-9,15-18,26-27H,4-5,10-14,19H2,1-3H3,(H,36,37). The summed E-state index contributed by atoms with van der Waals surface area (Å²) in [5.74, 6) is 0.110. The van der Waals surface area contributed by atoms with E-state index >= 15 is 4.39 Å². The van der Waals surface area contributed by atoms with Gasteiger partial charge < -0.3 is 14.6 Å². The Balaban J connectivity index is 1.31. The molecule has 0 bridgehead atoms. The van der Waals surface area contributed by atoms with Gasteiger partial charge in [-0.2, -0.15) is 0 Å². The number of aliphatic carboxylic acids is 1. The number of ether oxygens (including phenoxy) is 2. The van der Waals surface area contributed by atoms with E-state index in [1.807, 2.05) is 18.2 Å². The maximum atomic E-state index is 15.0. The number of nitrogens with zero attached hydrogens (tertiary/aromatic N) is 1. The molecule has 1 heterocycles. The van der Waals surface area contributed by atoms with Crippen LogP contribution >= 0.6 is 0 Å². The number of hydrogen-bond acceptors (Lipinski definition) is 4. The third kappa shape index (κ3) is 4.38. The van der Waals surface area contributed by atoms with Gasteiger partial charge in [0.1, 0.15) is 18.2 Å². The van der Waals surface area contributed by atoms with Crippen molar-refractivity contribution in [2.75, 3.05) is 7.11 Å². The SMILES string of the molecule is COc1cc(-c2ccc(COc3ccc4c(c3)C3(CC4)CCC3C(=O)O)cc2C2CCCC2(C)C)c(F)cn1. The van der Waals surface area contributed by atoms with Crippen molar-refractivity contribution >= 4 is 5.97 Å². The molecule has 3 aliphatic carbocycles. The highest BCUT2D eigenvalue weighted by atomic mass is 19.1. The van der Waals surface area contributed by atoms with Crippen LogP contribution in [0.15, 0.2) is 48.7 Å². The van der Waals surface area contributed by atoms with E-state index in [0.29, 0.717) is 24.0 Å². The number of halogens is 1. The van der Waals surface area contributed by atoms with E-state index in [4.69, 9.17) is 9.47 Å². The average Bonchev–Trinajstić information content (AvgIpc) is 3.47. The number of aryl methyl sites for hydroxylation is 1. The second-order valence-electron chi connectivity index (χ2n) is 12.3. The van der Waals surface area contributed by atoms with Crippen LogP contribution in [0.25, 0.3) is 11.1 Å². The smallest absolute Gasteiger partial charge is 0.307 e. The van der Waals surface area contributed by atoms with Crippen molar-refractivity contribution in [1.82, 2.24) is 4.98 Å². The van der Waals surface area contributed by atoms with Crippen LogP contribution in [0.1, 0.15) is 80.5 Å². The number of rotatable bonds is 7. The predicted octanol–water partition coefficient (Wildman–Crippen LogP) is 7.45. The molecule has 2 aromatic carbocycles. The molecule has 3 aliphatic rings. The summed E-state index contributed by atoms with van der Waals surface area (Å²) >= 11 is 0. The molecule has 5 nitrogen and oxygen atoms in total. The topological polar surface area (TPSA) is 68.7 Å². The molecule has 0 radical (unpaired) electrons. The summed E-state index contributed by atoms with van der Waals surface area (Å²) in [6, 6.07) is 14.0. The molecule has 0 amide bonds. The fourth-order valence-electron chi connectivity index (χ4n) is 7.48. The van der Waals surface area contributed by atoms with Gasteiger partial charge in [0.2, 0.25) is 5.88 Å². The molecule has 0 saturated heterocycles. The van der Waals surface area contributed by atoms with Crippen LogP contribution in [0.4, 0.5) is 4.39 Å². The Labute approximate surface area is 229 Å². The summed E-state index contributed by atoms with van der Waals surface area (Å²) in [7, 11) is 1.54. The third-order valence-corrected chi connectivity index (χ3v) is 9.79. The first-order valence-corrected chi connectivity index (χ1v) is 14.0. The minimum absolute atomic E-state index is 0.111. The number of carbonyl (C=O) groups is 1. The van der Waals surface area contributed by atoms with Crippen molar-refractivity contribution in [1.29, 1.82) is 0 Å². The van der Waals surface area contributed by atoms with Crippen molar-refractivity contribution in [3.05, 3.63) is 76.7 Å². The number of aromatic nitrogens is 1. The molecule has 1 aromatic heterocycles. The lowest BCUT2D eigenvalue weighted by molar-refractivity contribution is -0.149. The second-order valence-corrected chi connectivity index (χ2v) is 12.3. The highest BCUT2D eigenvalue weighted by Gasteiger charge is 2.54. The summed E-state index contributed by atoms with van der Waals surface area (Å²) < 4.78 is 26.6. The summed E-state index contributed by atoms with van der Waals surface area (Å²) in [5, 5.41) is 9.74. The molecular formula is C33H36FNO4. The number of hydrogen-bond donors (Lipinski definition) is 1. The molecule has 3 aromatic rings. The zero-order valence-corrected chi connectivity index (χ0v) is 22.9. The van der Waals surface area contributed by atoms with Gasteiger partial charge in [0.15, 0.2) is 0 Å². The van der Waals surface area contributed by atoms with Gasteiger partial charge in [0.25, 0.3) is 0 Å². The van der Waals surface area contributed by atoms with Gasteiger partial charge >= 0.3 is 5.97 Å².